The van der Waals surface area contributed by atoms with Gasteiger partial charge in [-0.1, -0.05) is 15.9 Å². The second-order valence-electron chi connectivity index (χ2n) is 6.59. The van der Waals surface area contributed by atoms with E-state index in [2.05, 4.69) is 21.2 Å². The summed E-state index contributed by atoms with van der Waals surface area (Å²) in [4.78, 5) is 35.6. The van der Waals surface area contributed by atoms with Crippen LogP contribution in [0.3, 0.4) is 0 Å². The van der Waals surface area contributed by atoms with Gasteiger partial charge < -0.3 is 14.8 Å². The van der Waals surface area contributed by atoms with Crippen LogP contribution in [0.1, 0.15) is 6.42 Å². The summed E-state index contributed by atoms with van der Waals surface area (Å²) >= 11 is 3.55. The molecule has 2 aliphatic carbocycles. The van der Waals surface area contributed by atoms with E-state index in [1.165, 1.54) is 25.3 Å². The Morgan fingerprint density at radius 1 is 1.44 bits per heavy atom. The van der Waals surface area contributed by atoms with Crippen molar-refractivity contribution in [2.75, 3.05) is 12.4 Å². The molecule has 1 heterocycles. The molecule has 8 nitrogen and oxygen atoms in total. The summed E-state index contributed by atoms with van der Waals surface area (Å²) in [5.74, 6) is -1.34. The van der Waals surface area contributed by atoms with Crippen LogP contribution in [0.4, 0.5) is 11.4 Å². The minimum atomic E-state index is -0.566. The third kappa shape index (κ3) is 2.32. The molecule has 1 saturated heterocycles. The fourth-order valence-corrected chi connectivity index (χ4v) is 5.49. The number of hydrogen-bond donors (Lipinski definition) is 1. The van der Waals surface area contributed by atoms with Gasteiger partial charge in [-0.05, 0) is 18.4 Å². The van der Waals surface area contributed by atoms with Crippen LogP contribution in [-0.2, 0) is 14.3 Å². The number of nitro groups is 1. The Morgan fingerprint density at radius 3 is 2.88 bits per heavy atom. The Labute approximate surface area is 151 Å². The maximum Gasteiger partial charge on any atom is 0.310 e. The molecule has 2 saturated carbocycles. The zero-order chi connectivity index (χ0) is 17.9. The summed E-state index contributed by atoms with van der Waals surface area (Å²) in [7, 11) is 1.44. The quantitative estimate of drug-likeness (QED) is 0.352. The number of esters is 1. The van der Waals surface area contributed by atoms with Gasteiger partial charge in [-0.2, -0.15) is 0 Å². The zero-order valence-electron chi connectivity index (χ0n) is 13.2. The lowest BCUT2D eigenvalue weighted by Crippen LogP contribution is -2.40. The Bertz CT molecular complexity index is 784. The molecule has 6 atom stereocenters. The predicted octanol–water partition coefficient (Wildman–Crippen LogP) is 2.11. The van der Waals surface area contributed by atoms with E-state index in [1.54, 1.807) is 0 Å². The highest BCUT2D eigenvalue weighted by atomic mass is 79.9. The number of hydrogen-bond acceptors (Lipinski definition) is 6. The summed E-state index contributed by atoms with van der Waals surface area (Å²) in [6, 6.07) is 4.14. The number of carbonyl (C=O) groups excluding carboxylic acids is 2. The first-order valence-corrected chi connectivity index (χ1v) is 8.81. The van der Waals surface area contributed by atoms with Crippen molar-refractivity contribution in [2.45, 2.75) is 17.4 Å². The summed E-state index contributed by atoms with van der Waals surface area (Å²) in [5, 5.41) is 13.8. The Kier molecular flexibility index (Phi) is 3.71. The molecule has 2 bridgehead atoms. The molecule has 1 aromatic rings. The number of benzene rings is 1. The van der Waals surface area contributed by atoms with E-state index in [9.17, 15) is 19.7 Å². The van der Waals surface area contributed by atoms with Gasteiger partial charge in [0, 0.05) is 18.1 Å². The number of halogens is 1. The van der Waals surface area contributed by atoms with Gasteiger partial charge in [-0.15, -0.1) is 0 Å². The van der Waals surface area contributed by atoms with Crippen LogP contribution in [-0.4, -0.2) is 34.8 Å². The minimum Gasteiger partial charge on any atom is -0.497 e. The minimum absolute atomic E-state index is 0.0175. The lowest BCUT2D eigenvalue weighted by Gasteiger charge is -2.27. The van der Waals surface area contributed by atoms with E-state index in [1.807, 2.05) is 0 Å². The number of methoxy groups -OCH3 is 1. The Morgan fingerprint density at radius 2 is 2.20 bits per heavy atom. The van der Waals surface area contributed by atoms with E-state index in [-0.39, 0.29) is 40.1 Å². The average Bonchev–Trinajstić information content (AvgIpc) is 3.18. The number of nitrogens with one attached hydrogen (secondary N) is 1. The van der Waals surface area contributed by atoms with E-state index in [0.717, 1.165) is 6.42 Å². The van der Waals surface area contributed by atoms with Gasteiger partial charge in [-0.3, -0.25) is 19.7 Å². The molecule has 1 N–H and O–H groups in total. The standard InChI is InChI=1S/C16H15BrN2O6/c1-24-6-2-3-10(19(22)23)9(4-6)18-15(20)11-7-5-8-12(11)16(21)25-14(8)13(7)17/h2-4,7-8,11-14H,5H2,1H3,(H,18,20)/t7-,8-,11-,12+,13-,14+/m1/s1. The van der Waals surface area contributed by atoms with Crippen LogP contribution in [0.25, 0.3) is 0 Å². The fraction of sp³-hybridized carbons (Fsp3) is 0.500. The van der Waals surface area contributed by atoms with Crippen LogP contribution in [0.2, 0.25) is 0 Å². The van der Waals surface area contributed by atoms with Gasteiger partial charge in [0.2, 0.25) is 5.91 Å². The van der Waals surface area contributed by atoms with Crippen LogP contribution in [0.5, 0.6) is 5.75 Å². The molecule has 4 rings (SSSR count). The van der Waals surface area contributed by atoms with Crippen molar-refractivity contribution in [3.63, 3.8) is 0 Å². The molecule has 1 aliphatic heterocycles. The number of nitrogens with zero attached hydrogens (tertiary/aromatic N) is 1. The number of anilines is 1. The number of carbonyl (C=O) groups is 2. The molecule has 0 unspecified atom stereocenters. The van der Waals surface area contributed by atoms with Crippen LogP contribution in [0.15, 0.2) is 18.2 Å². The number of fused-ring (bicyclic) bond motifs is 1. The number of amides is 1. The SMILES string of the molecule is COc1ccc([N+](=O)[O-])c(NC(=O)[C@@H]2[C@H]3C[C@H]4[C@H](OC(=O)[C@@H]42)[C@@H]3Br)c1. The number of rotatable bonds is 4. The van der Waals surface area contributed by atoms with Gasteiger partial charge in [-0.25, -0.2) is 0 Å². The first kappa shape index (κ1) is 16.3. The monoisotopic (exact) mass is 410 g/mol. The molecule has 0 spiro atoms. The topological polar surface area (TPSA) is 108 Å². The van der Waals surface area contributed by atoms with Crippen molar-refractivity contribution in [1.29, 1.82) is 0 Å². The summed E-state index contributed by atoms with van der Waals surface area (Å²) in [6.07, 6.45) is 0.577. The van der Waals surface area contributed by atoms with E-state index in [4.69, 9.17) is 9.47 Å². The highest BCUT2D eigenvalue weighted by molar-refractivity contribution is 9.09. The van der Waals surface area contributed by atoms with Crippen LogP contribution >= 0.6 is 15.9 Å². The summed E-state index contributed by atoms with van der Waals surface area (Å²) in [5.41, 5.74) is -0.161. The molecule has 0 radical (unpaired) electrons. The van der Waals surface area contributed by atoms with Crippen molar-refractivity contribution in [3.8, 4) is 5.75 Å². The molecule has 1 amide bonds. The second kappa shape index (κ2) is 5.69. The molecule has 1 aromatic carbocycles. The Balaban J connectivity index is 1.63. The van der Waals surface area contributed by atoms with Crippen molar-refractivity contribution in [2.24, 2.45) is 23.7 Å². The van der Waals surface area contributed by atoms with Gasteiger partial charge in [0.1, 0.15) is 17.5 Å². The number of ether oxygens (including phenoxy) is 2. The zero-order valence-corrected chi connectivity index (χ0v) is 14.8. The van der Waals surface area contributed by atoms with Crippen molar-refractivity contribution < 1.29 is 24.0 Å². The smallest absolute Gasteiger partial charge is 0.310 e. The molecule has 0 aromatic heterocycles. The molecule has 9 heteroatoms. The lowest BCUT2D eigenvalue weighted by molar-refractivity contribution is -0.384. The first-order chi connectivity index (χ1) is 11.9. The molecular formula is C16H15BrN2O6. The third-order valence-corrected chi connectivity index (χ3v) is 6.68. The van der Waals surface area contributed by atoms with Crippen molar-refractivity contribution in [1.82, 2.24) is 0 Å². The number of alkyl halides is 1. The fourth-order valence-electron chi connectivity index (χ4n) is 4.45. The third-order valence-electron chi connectivity index (χ3n) is 5.48. The first-order valence-electron chi connectivity index (χ1n) is 7.90. The lowest BCUT2D eigenvalue weighted by atomic mass is 9.79. The van der Waals surface area contributed by atoms with Gasteiger partial charge >= 0.3 is 5.97 Å². The maximum atomic E-state index is 12.9. The van der Waals surface area contributed by atoms with Crippen LogP contribution in [0, 0.1) is 33.8 Å². The molecule has 25 heavy (non-hydrogen) atoms. The van der Waals surface area contributed by atoms with Crippen LogP contribution < -0.4 is 10.1 Å². The summed E-state index contributed by atoms with van der Waals surface area (Å²) < 4.78 is 10.5. The van der Waals surface area contributed by atoms with E-state index in [0.29, 0.717) is 5.75 Å². The second-order valence-corrected chi connectivity index (χ2v) is 7.65. The van der Waals surface area contributed by atoms with Gasteiger partial charge in [0.05, 0.1) is 28.7 Å². The molecular weight excluding hydrogens is 396 g/mol. The maximum absolute atomic E-state index is 12.9. The highest BCUT2D eigenvalue weighted by Gasteiger charge is 2.67. The summed E-state index contributed by atoms with van der Waals surface area (Å²) in [6.45, 7) is 0. The largest absolute Gasteiger partial charge is 0.497 e. The van der Waals surface area contributed by atoms with E-state index < -0.39 is 22.7 Å². The average molecular weight is 411 g/mol. The molecule has 3 aliphatic rings. The molecule has 132 valence electrons. The van der Waals surface area contributed by atoms with Gasteiger partial charge in [0.25, 0.3) is 5.69 Å². The van der Waals surface area contributed by atoms with Gasteiger partial charge in [0.15, 0.2) is 0 Å². The normalized spacial score (nSPS) is 34.7. The highest BCUT2D eigenvalue weighted by Crippen LogP contribution is 2.60. The molecule has 3 fully saturated rings. The Hall–Kier alpha value is -2.16. The van der Waals surface area contributed by atoms with Crippen molar-refractivity contribution in [3.05, 3.63) is 28.3 Å². The predicted molar refractivity (Wildman–Crippen MR) is 89.5 cm³/mol. The number of nitro benzene ring substituents is 1. The van der Waals surface area contributed by atoms with E-state index >= 15 is 0 Å². The van der Waals surface area contributed by atoms with Crippen molar-refractivity contribution >= 4 is 39.2 Å².